The minimum absolute atomic E-state index is 0.0162. The zero-order valence-corrected chi connectivity index (χ0v) is 16.4. The zero-order valence-electron chi connectivity index (χ0n) is 16.4. The summed E-state index contributed by atoms with van der Waals surface area (Å²) >= 11 is 0. The van der Waals surface area contributed by atoms with E-state index in [9.17, 15) is 9.59 Å². The molecule has 144 valence electrons. The van der Waals surface area contributed by atoms with Crippen LogP contribution in [0.3, 0.4) is 0 Å². The highest BCUT2D eigenvalue weighted by Crippen LogP contribution is 2.22. The number of rotatable bonds is 6. The van der Waals surface area contributed by atoms with Crippen LogP contribution in [0.1, 0.15) is 44.6 Å². The van der Waals surface area contributed by atoms with Crippen molar-refractivity contribution in [3.63, 3.8) is 0 Å². The molecule has 0 aliphatic heterocycles. The summed E-state index contributed by atoms with van der Waals surface area (Å²) < 4.78 is 12.5. The van der Waals surface area contributed by atoms with Crippen molar-refractivity contribution in [2.75, 3.05) is 7.11 Å². The van der Waals surface area contributed by atoms with Crippen LogP contribution in [0.5, 0.6) is 5.75 Å². The Balaban J connectivity index is 1.73. The summed E-state index contributed by atoms with van der Waals surface area (Å²) in [6, 6.07) is 14.1. The molecule has 0 amide bonds. The van der Waals surface area contributed by atoms with E-state index in [1.807, 2.05) is 36.7 Å². The van der Waals surface area contributed by atoms with Gasteiger partial charge in [0.25, 0.3) is 0 Å². The van der Waals surface area contributed by atoms with Crippen molar-refractivity contribution in [3.8, 4) is 11.4 Å². The number of carbonyl (C=O) groups is 2. The van der Waals surface area contributed by atoms with E-state index in [1.54, 1.807) is 30.3 Å². The summed E-state index contributed by atoms with van der Waals surface area (Å²) in [6.45, 7) is 5.42. The number of ether oxygens (including phenoxy) is 2. The number of hydrogen-bond acceptors (Lipinski definition) is 5. The molecule has 0 unspecified atom stereocenters. The molecule has 1 aromatic heterocycles. The van der Waals surface area contributed by atoms with Crippen molar-refractivity contribution < 1.29 is 19.1 Å². The molecule has 28 heavy (non-hydrogen) atoms. The minimum atomic E-state index is -0.449. The predicted molar refractivity (Wildman–Crippen MR) is 105 cm³/mol. The van der Waals surface area contributed by atoms with Gasteiger partial charge in [-0.1, -0.05) is 0 Å². The van der Waals surface area contributed by atoms with Gasteiger partial charge >= 0.3 is 5.97 Å². The van der Waals surface area contributed by atoms with E-state index in [0.29, 0.717) is 22.4 Å². The monoisotopic (exact) mass is 378 g/mol. The first-order valence-electron chi connectivity index (χ1n) is 8.87. The molecule has 6 nitrogen and oxygen atoms in total. The molecule has 0 aliphatic rings. The van der Waals surface area contributed by atoms with Crippen molar-refractivity contribution in [1.82, 2.24) is 9.78 Å². The number of Topliss-reactive ketones (excluding diaryl/α,β-unsaturated/α-hetero) is 1. The van der Waals surface area contributed by atoms with Gasteiger partial charge in [0, 0.05) is 16.8 Å². The van der Waals surface area contributed by atoms with E-state index >= 15 is 0 Å². The van der Waals surface area contributed by atoms with E-state index in [0.717, 1.165) is 17.1 Å². The molecule has 0 aliphatic carbocycles. The lowest BCUT2D eigenvalue weighted by molar-refractivity contribution is 0.0470. The summed E-state index contributed by atoms with van der Waals surface area (Å²) in [5, 5.41) is 4.43. The van der Waals surface area contributed by atoms with Crippen LogP contribution in [0.25, 0.3) is 5.69 Å². The molecule has 3 aromatic rings. The lowest BCUT2D eigenvalue weighted by Crippen LogP contribution is -2.07. The normalized spacial score (nSPS) is 10.6. The van der Waals surface area contributed by atoms with Crippen molar-refractivity contribution in [2.24, 2.45) is 0 Å². The molecule has 0 atom stereocenters. The molecule has 0 N–H and O–H groups in total. The molecule has 0 bridgehead atoms. The summed E-state index contributed by atoms with van der Waals surface area (Å²) in [5.74, 6) is 0.0582. The molecule has 0 saturated carbocycles. The fourth-order valence-electron chi connectivity index (χ4n) is 2.97. The van der Waals surface area contributed by atoms with E-state index < -0.39 is 5.97 Å². The van der Waals surface area contributed by atoms with Gasteiger partial charge in [0.05, 0.1) is 24.1 Å². The zero-order chi connectivity index (χ0) is 20.3. The van der Waals surface area contributed by atoms with Crippen LogP contribution < -0.4 is 4.74 Å². The molecule has 0 spiro atoms. The molecule has 6 heteroatoms. The van der Waals surface area contributed by atoms with Crippen LogP contribution >= 0.6 is 0 Å². The Hall–Kier alpha value is -3.41. The third-order valence-electron chi connectivity index (χ3n) is 4.40. The van der Waals surface area contributed by atoms with E-state index in [4.69, 9.17) is 9.47 Å². The highest BCUT2D eigenvalue weighted by molar-refractivity contribution is 5.94. The van der Waals surface area contributed by atoms with Gasteiger partial charge < -0.3 is 9.47 Å². The first kappa shape index (κ1) is 19.4. The fourth-order valence-corrected chi connectivity index (χ4v) is 2.97. The summed E-state index contributed by atoms with van der Waals surface area (Å²) in [6.07, 6.45) is 0. The van der Waals surface area contributed by atoms with Crippen LogP contribution in [0.2, 0.25) is 0 Å². The largest absolute Gasteiger partial charge is 0.496 e. The molecule has 0 radical (unpaired) electrons. The standard InChI is InChI=1S/C22H22N2O4/c1-14-11-15(2)24(23-14)20-8-5-17(6-9-20)22(26)28-13-19-12-18(16(3)25)7-10-21(19)27-4/h5-12H,13H2,1-4H3. The van der Waals surface area contributed by atoms with E-state index in [2.05, 4.69) is 5.10 Å². The van der Waals surface area contributed by atoms with Crippen LogP contribution in [-0.2, 0) is 11.3 Å². The van der Waals surface area contributed by atoms with Gasteiger partial charge in [-0.05, 0) is 69.3 Å². The quantitative estimate of drug-likeness (QED) is 0.478. The molecule has 3 rings (SSSR count). The Bertz CT molecular complexity index is 1020. The maximum atomic E-state index is 12.4. The topological polar surface area (TPSA) is 70.4 Å². The van der Waals surface area contributed by atoms with E-state index in [1.165, 1.54) is 14.0 Å². The van der Waals surface area contributed by atoms with Gasteiger partial charge in [-0.3, -0.25) is 4.79 Å². The van der Waals surface area contributed by atoms with Crippen LogP contribution in [0, 0.1) is 13.8 Å². The molecule has 2 aromatic carbocycles. The van der Waals surface area contributed by atoms with Gasteiger partial charge in [0.1, 0.15) is 12.4 Å². The number of ketones is 1. The van der Waals surface area contributed by atoms with Gasteiger partial charge in [-0.15, -0.1) is 0 Å². The Morgan fingerprint density at radius 3 is 2.25 bits per heavy atom. The Labute approximate surface area is 163 Å². The number of hydrogen-bond donors (Lipinski definition) is 0. The number of aromatic nitrogens is 2. The first-order valence-corrected chi connectivity index (χ1v) is 8.87. The summed E-state index contributed by atoms with van der Waals surface area (Å²) in [7, 11) is 1.53. The molecular weight excluding hydrogens is 356 g/mol. The number of benzene rings is 2. The Morgan fingerprint density at radius 1 is 1.00 bits per heavy atom. The van der Waals surface area contributed by atoms with Crippen molar-refractivity contribution >= 4 is 11.8 Å². The van der Waals surface area contributed by atoms with Crippen LogP contribution in [0.4, 0.5) is 0 Å². The number of aryl methyl sites for hydroxylation is 2. The first-order chi connectivity index (χ1) is 13.4. The summed E-state index contributed by atoms with van der Waals surface area (Å²) in [4.78, 5) is 24.0. The summed E-state index contributed by atoms with van der Waals surface area (Å²) in [5.41, 5.74) is 4.45. The third-order valence-corrected chi connectivity index (χ3v) is 4.40. The second-order valence-electron chi connectivity index (χ2n) is 6.54. The maximum absolute atomic E-state index is 12.4. The van der Waals surface area contributed by atoms with Crippen molar-refractivity contribution in [1.29, 1.82) is 0 Å². The van der Waals surface area contributed by atoms with Gasteiger partial charge in [0.2, 0.25) is 0 Å². The third kappa shape index (κ3) is 4.11. The predicted octanol–water partition coefficient (Wildman–Crippen LogP) is 4.06. The Morgan fingerprint density at radius 2 is 1.68 bits per heavy atom. The van der Waals surface area contributed by atoms with Gasteiger partial charge in [0.15, 0.2) is 5.78 Å². The second kappa shape index (κ2) is 8.08. The molecule has 0 saturated heterocycles. The lowest BCUT2D eigenvalue weighted by atomic mass is 10.1. The van der Waals surface area contributed by atoms with Crippen molar-refractivity contribution in [3.05, 3.63) is 76.6 Å². The smallest absolute Gasteiger partial charge is 0.338 e. The highest BCUT2D eigenvalue weighted by Gasteiger charge is 2.12. The number of methoxy groups -OCH3 is 1. The number of esters is 1. The SMILES string of the molecule is COc1ccc(C(C)=O)cc1COC(=O)c1ccc(-n2nc(C)cc2C)cc1. The van der Waals surface area contributed by atoms with Gasteiger partial charge in [-0.2, -0.15) is 5.10 Å². The minimum Gasteiger partial charge on any atom is -0.496 e. The highest BCUT2D eigenvalue weighted by atomic mass is 16.5. The number of carbonyl (C=O) groups excluding carboxylic acids is 2. The molecule has 1 heterocycles. The second-order valence-corrected chi connectivity index (χ2v) is 6.54. The average Bonchev–Trinajstić information content (AvgIpc) is 3.03. The van der Waals surface area contributed by atoms with Gasteiger partial charge in [-0.25, -0.2) is 9.48 Å². The maximum Gasteiger partial charge on any atom is 0.338 e. The van der Waals surface area contributed by atoms with Crippen LogP contribution in [0.15, 0.2) is 48.5 Å². The molecular formula is C22H22N2O4. The average molecular weight is 378 g/mol. The lowest BCUT2D eigenvalue weighted by Gasteiger charge is -2.11. The number of nitrogens with zero attached hydrogens (tertiary/aromatic N) is 2. The fraction of sp³-hybridized carbons (Fsp3) is 0.227. The van der Waals surface area contributed by atoms with E-state index in [-0.39, 0.29) is 12.4 Å². The van der Waals surface area contributed by atoms with Crippen LogP contribution in [-0.4, -0.2) is 28.6 Å². The Kier molecular flexibility index (Phi) is 5.59. The molecule has 0 fully saturated rings. The van der Waals surface area contributed by atoms with Crippen molar-refractivity contribution in [2.45, 2.75) is 27.4 Å².